The molecule has 29 heavy (non-hydrogen) atoms. The zero-order valence-corrected chi connectivity index (χ0v) is 21.8. The van der Waals surface area contributed by atoms with E-state index in [0.29, 0.717) is 3.63 Å². The van der Waals surface area contributed by atoms with Gasteiger partial charge in [-0.05, 0) is 0 Å². The summed E-state index contributed by atoms with van der Waals surface area (Å²) in [4.78, 5) is 0. The molecule has 0 unspecified atom stereocenters. The molecule has 5 rings (SSSR count). The first-order valence-electron chi connectivity index (χ1n) is 9.96. The van der Waals surface area contributed by atoms with Gasteiger partial charge in [0.25, 0.3) is 0 Å². The summed E-state index contributed by atoms with van der Waals surface area (Å²) < 4.78 is 4.29. The molecule has 147 valence electrons. The van der Waals surface area contributed by atoms with E-state index >= 15 is 0 Å². The summed E-state index contributed by atoms with van der Waals surface area (Å²) in [5, 5.41) is 0. The van der Waals surface area contributed by atoms with Crippen molar-refractivity contribution in [3.8, 4) is 11.1 Å². The van der Waals surface area contributed by atoms with Gasteiger partial charge in [-0.1, -0.05) is 0 Å². The molecule has 0 aromatic heterocycles. The zero-order chi connectivity index (χ0) is 18.4. The molecule has 0 radical (unpaired) electrons. The second-order valence-electron chi connectivity index (χ2n) is 8.06. The molecular weight excluding hydrogens is 490 g/mol. The zero-order valence-electron chi connectivity index (χ0n) is 16.8. The van der Waals surface area contributed by atoms with Gasteiger partial charge in [0, 0.05) is 0 Å². The quantitative estimate of drug-likeness (QED) is 0.532. The Morgan fingerprint density at radius 1 is 0.724 bits per heavy atom. The van der Waals surface area contributed by atoms with Crippen molar-refractivity contribution in [3.05, 3.63) is 103 Å². The normalized spacial score (nSPS) is 15.9. The van der Waals surface area contributed by atoms with Gasteiger partial charge < -0.3 is 24.8 Å². The van der Waals surface area contributed by atoms with E-state index in [2.05, 4.69) is 98.1 Å². The maximum absolute atomic E-state index is 2.90. The molecule has 0 fully saturated rings. The topological polar surface area (TPSA) is 0 Å². The molecule has 4 heteroatoms. The first-order chi connectivity index (χ1) is 13.2. The SMILES string of the molecule is C[Si](C)=[Zr+2]([C]1=CC=CC1)([C]1=CC=CC1)[CH]1c2ccccc2-c2ccccc21.[Cl-].[Cl-]. The number of fused-ring (bicyclic) bond motifs is 3. The van der Waals surface area contributed by atoms with Crippen LogP contribution < -0.4 is 24.8 Å². The summed E-state index contributed by atoms with van der Waals surface area (Å²) in [6.07, 6.45) is 16.8. The van der Waals surface area contributed by atoms with E-state index < -0.39 is 24.3 Å². The van der Waals surface area contributed by atoms with Crippen molar-refractivity contribution >= 4 is 5.43 Å². The van der Waals surface area contributed by atoms with Gasteiger partial charge in [0.05, 0.1) is 0 Å². The molecule has 0 atom stereocenters. The Morgan fingerprint density at radius 2 is 1.17 bits per heavy atom. The number of hydrogen-bond acceptors (Lipinski definition) is 0. The molecule has 2 aromatic carbocycles. The van der Waals surface area contributed by atoms with Gasteiger partial charge >= 0.3 is 168 Å². The Kier molecular flexibility index (Phi) is 7.11. The third-order valence-corrected chi connectivity index (χ3v) is 35.8. The summed E-state index contributed by atoms with van der Waals surface area (Å²) in [6, 6.07) is 18.5. The Bertz CT molecular complexity index is 1040. The van der Waals surface area contributed by atoms with Crippen molar-refractivity contribution < 1.29 is 43.7 Å². The summed E-state index contributed by atoms with van der Waals surface area (Å²) in [7, 11) is 0. The fourth-order valence-electron chi connectivity index (χ4n) is 5.61. The Morgan fingerprint density at radius 3 is 1.55 bits per heavy atom. The Balaban J connectivity index is 0.00000120. The number of benzene rings is 2. The summed E-state index contributed by atoms with van der Waals surface area (Å²) in [5.41, 5.74) is 5.73. The van der Waals surface area contributed by atoms with Crippen LogP contribution in [0.1, 0.15) is 27.6 Å². The number of hydrogen-bond donors (Lipinski definition) is 0. The van der Waals surface area contributed by atoms with Gasteiger partial charge in [0.1, 0.15) is 0 Å². The fourth-order valence-corrected chi connectivity index (χ4v) is 35.5. The molecule has 2 aromatic rings. The molecular formula is C25H25Cl2SiZr. The van der Waals surface area contributed by atoms with Crippen molar-refractivity contribution in [2.75, 3.05) is 0 Å². The molecule has 0 bridgehead atoms. The third kappa shape index (κ3) is 3.37. The maximum Gasteiger partial charge on any atom is -1.00 e. The standard InChI is InChI=1S/C13H9.2C5H5.C2H6Si.2ClH.Zr/c1-3-7-12-10(5-1)9-11-6-2-4-8-13(11)12;2*1-2-4-5-3-1;1-3-2;;;/h1-9H;2*1-3H,4H2;1-2H3;2*1H;/q;;;;;;+2/p-2. The van der Waals surface area contributed by atoms with Crippen molar-refractivity contribution in [3.63, 3.8) is 0 Å². The van der Waals surface area contributed by atoms with E-state index in [0.717, 1.165) is 0 Å². The predicted octanol–water partition coefficient (Wildman–Crippen LogP) is 0.857. The largest absolute Gasteiger partial charge is 1.00 e. The predicted molar refractivity (Wildman–Crippen MR) is 115 cm³/mol. The second kappa shape index (κ2) is 9.06. The van der Waals surface area contributed by atoms with E-state index in [-0.39, 0.29) is 24.8 Å². The van der Waals surface area contributed by atoms with Gasteiger partial charge in [0.15, 0.2) is 0 Å². The molecule has 0 heterocycles. The average molecular weight is 516 g/mol. The molecule has 0 saturated carbocycles. The van der Waals surface area contributed by atoms with Crippen molar-refractivity contribution in [2.24, 2.45) is 0 Å². The van der Waals surface area contributed by atoms with Crippen LogP contribution in [0.15, 0.2) is 91.5 Å². The Hall–Kier alpha value is -0.920. The number of allylic oxidation sites excluding steroid dienone is 8. The van der Waals surface area contributed by atoms with Crippen LogP contribution in [0.4, 0.5) is 0 Å². The Labute approximate surface area is 191 Å². The third-order valence-electron chi connectivity index (χ3n) is 6.61. The second-order valence-corrected chi connectivity index (χ2v) is 30.7. The molecule has 0 N–H and O–H groups in total. The van der Waals surface area contributed by atoms with Crippen molar-refractivity contribution in [1.29, 1.82) is 0 Å². The van der Waals surface area contributed by atoms with E-state index in [9.17, 15) is 0 Å². The fraction of sp³-hybridized carbons (Fsp3) is 0.200. The van der Waals surface area contributed by atoms with Crippen LogP contribution in [0.25, 0.3) is 11.1 Å². The minimum Gasteiger partial charge on any atom is -1.00 e. The minimum absolute atomic E-state index is 0. The van der Waals surface area contributed by atoms with E-state index in [1.807, 2.05) is 6.56 Å². The van der Waals surface area contributed by atoms with E-state index in [1.165, 1.54) is 24.0 Å². The van der Waals surface area contributed by atoms with Crippen molar-refractivity contribution in [1.82, 2.24) is 0 Å². The van der Waals surface area contributed by atoms with Gasteiger partial charge in [0.2, 0.25) is 0 Å². The van der Waals surface area contributed by atoms with Crippen LogP contribution in [0.5, 0.6) is 0 Å². The van der Waals surface area contributed by atoms with Crippen LogP contribution in [0, 0.1) is 0 Å². The molecule has 0 saturated heterocycles. The number of halogens is 2. The monoisotopic (exact) mass is 513 g/mol. The molecule has 0 spiro atoms. The van der Waals surface area contributed by atoms with Gasteiger partial charge in [-0.2, -0.15) is 0 Å². The van der Waals surface area contributed by atoms with Crippen LogP contribution in [-0.2, 0) is 18.9 Å². The molecule has 3 aliphatic carbocycles. The van der Waals surface area contributed by atoms with E-state index in [4.69, 9.17) is 0 Å². The summed E-state index contributed by atoms with van der Waals surface area (Å²) >= 11 is -2.90. The first kappa shape index (κ1) is 22.8. The molecule has 3 aliphatic rings. The first-order valence-corrected chi connectivity index (χ1v) is 20.0. The maximum atomic E-state index is 2.61. The van der Waals surface area contributed by atoms with Crippen LogP contribution >= 0.6 is 0 Å². The van der Waals surface area contributed by atoms with Crippen molar-refractivity contribution in [2.45, 2.75) is 29.6 Å². The minimum atomic E-state index is -2.90. The smallest absolute Gasteiger partial charge is 1.00 e. The van der Waals surface area contributed by atoms with Gasteiger partial charge in [-0.15, -0.1) is 0 Å². The summed E-state index contributed by atoms with van der Waals surface area (Å²) in [5.74, 6) is 0. The molecule has 0 nitrogen and oxygen atoms in total. The van der Waals surface area contributed by atoms with Crippen LogP contribution in [0.2, 0.25) is 13.1 Å². The average Bonchev–Trinajstić information content (AvgIpc) is 3.45. The summed E-state index contributed by atoms with van der Waals surface area (Å²) in [6.45, 7) is 5.23. The molecule has 0 aliphatic heterocycles. The van der Waals surface area contributed by atoms with Gasteiger partial charge in [-0.25, -0.2) is 0 Å². The van der Waals surface area contributed by atoms with E-state index in [1.54, 1.807) is 11.1 Å². The van der Waals surface area contributed by atoms with Crippen LogP contribution in [-0.4, -0.2) is 5.43 Å². The molecule has 0 amide bonds. The van der Waals surface area contributed by atoms with Crippen LogP contribution in [0.3, 0.4) is 0 Å². The number of rotatable bonds is 3. The van der Waals surface area contributed by atoms with Gasteiger partial charge in [-0.3, -0.25) is 0 Å².